The number of hydrogen-bond acceptors (Lipinski definition) is 4. The molecule has 26 heavy (non-hydrogen) atoms. The van der Waals surface area contributed by atoms with E-state index in [-0.39, 0.29) is 4.90 Å². The molecule has 1 aliphatic rings. The largest absolute Gasteiger partial charge is 0.486 e. The minimum Gasteiger partial charge on any atom is -0.486 e. The lowest BCUT2D eigenvalue weighted by Gasteiger charge is -2.20. The third-order valence-electron chi connectivity index (χ3n) is 3.86. The molecule has 3 aromatic rings. The molecule has 4 rings (SSSR count). The SMILES string of the molecule is O=S(=O)(Nc1ccc(Cl)c2c(Cl)c[nH]c12)c1cc(Br)c2c(c1)OCCO2. The summed E-state index contributed by atoms with van der Waals surface area (Å²) in [7, 11) is -3.89. The van der Waals surface area contributed by atoms with Crippen molar-refractivity contribution < 1.29 is 17.9 Å². The Bertz CT molecular complexity index is 1130. The van der Waals surface area contributed by atoms with Gasteiger partial charge in [0.1, 0.15) is 13.2 Å². The molecular formula is C16H11BrCl2N2O4S. The number of ether oxygens (including phenoxy) is 2. The summed E-state index contributed by atoms with van der Waals surface area (Å²) in [5, 5.41) is 1.39. The van der Waals surface area contributed by atoms with Crippen molar-refractivity contribution in [1.82, 2.24) is 4.98 Å². The van der Waals surface area contributed by atoms with Crippen molar-refractivity contribution in [2.75, 3.05) is 17.9 Å². The quantitative estimate of drug-likeness (QED) is 0.567. The summed E-state index contributed by atoms with van der Waals surface area (Å²) < 4.78 is 39.8. The van der Waals surface area contributed by atoms with E-state index in [9.17, 15) is 8.42 Å². The Morgan fingerprint density at radius 3 is 2.69 bits per heavy atom. The van der Waals surface area contributed by atoms with Crippen molar-refractivity contribution in [3.05, 3.63) is 45.0 Å². The summed E-state index contributed by atoms with van der Waals surface area (Å²) in [6.07, 6.45) is 1.55. The highest BCUT2D eigenvalue weighted by molar-refractivity contribution is 9.10. The Morgan fingerprint density at radius 2 is 1.88 bits per heavy atom. The molecule has 2 heterocycles. The summed E-state index contributed by atoms with van der Waals surface area (Å²) in [5.74, 6) is 0.857. The molecule has 2 N–H and O–H groups in total. The van der Waals surface area contributed by atoms with E-state index >= 15 is 0 Å². The molecule has 0 atom stereocenters. The summed E-state index contributed by atoms with van der Waals surface area (Å²) in [5.41, 5.74) is 0.838. The summed E-state index contributed by atoms with van der Waals surface area (Å²) in [4.78, 5) is 2.97. The number of nitrogens with one attached hydrogen (secondary N) is 2. The van der Waals surface area contributed by atoms with Gasteiger partial charge in [0.25, 0.3) is 10.0 Å². The van der Waals surface area contributed by atoms with Crippen molar-refractivity contribution in [2.24, 2.45) is 0 Å². The number of anilines is 1. The van der Waals surface area contributed by atoms with Crippen LogP contribution in [0.4, 0.5) is 5.69 Å². The zero-order valence-electron chi connectivity index (χ0n) is 13.0. The van der Waals surface area contributed by atoms with E-state index in [1.54, 1.807) is 18.3 Å². The van der Waals surface area contributed by atoms with Crippen LogP contribution in [0.2, 0.25) is 10.0 Å². The number of aromatic nitrogens is 1. The molecular weight excluding hydrogens is 467 g/mol. The van der Waals surface area contributed by atoms with E-state index in [4.69, 9.17) is 32.7 Å². The van der Waals surface area contributed by atoms with Crippen LogP contribution < -0.4 is 14.2 Å². The third kappa shape index (κ3) is 3.00. The molecule has 2 aromatic carbocycles. The Labute approximate surface area is 167 Å². The maximum Gasteiger partial charge on any atom is 0.262 e. The lowest BCUT2D eigenvalue weighted by Crippen LogP contribution is -2.18. The van der Waals surface area contributed by atoms with Crippen LogP contribution in [-0.4, -0.2) is 26.6 Å². The van der Waals surface area contributed by atoms with Crippen molar-refractivity contribution in [2.45, 2.75) is 4.90 Å². The average Bonchev–Trinajstić information content (AvgIpc) is 3.00. The second-order valence-corrected chi connectivity index (χ2v) is 8.87. The summed E-state index contributed by atoms with van der Waals surface area (Å²) in [6.45, 7) is 0.765. The fourth-order valence-corrected chi connectivity index (χ4v) is 5.08. The maximum atomic E-state index is 12.9. The van der Waals surface area contributed by atoms with Gasteiger partial charge in [-0.3, -0.25) is 4.72 Å². The number of benzene rings is 2. The van der Waals surface area contributed by atoms with E-state index in [1.807, 2.05) is 0 Å². The van der Waals surface area contributed by atoms with E-state index in [0.29, 0.717) is 55.8 Å². The van der Waals surface area contributed by atoms with Gasteiger partial charge in [0.2, 0.25) is 0 Å². The van der Waals surface area contributed by atoms with Crippen LogP contribution in [0.3, 0.4) is 0 Å². The van der Waals surface area contributed by atoms with Gasteiger partial charge in [-0.1, -0.05) is 23.2 Å². The van der Waals surface area contributed by atoms with Gasteiger partial charge in [0.15, 0.2) is 11.5 Å². The third-order valence-corrected chi connectivity index (χ3v) is 6.41. The van der Waals surface area contributed by atoms with Crippen LogP contribution in [0.25, 0.3) is 10.9 Å². The number of rotatable bonds is 3. The Balaban J connectivity index is 1.77. The predicted octanol–water partition coefficient (Wildman–Crippen LogP) is 4.81. The van der Waals surface area contributed by atoms with E-state index in [0.717, 1.165) is 0 Å². The molecule has 10 heteroatoms. The number of H-pyrrole nitrogens is 1. The van der Waals surface area contributed by atoms with E-state index < -0.39 is 10.0 Å². The first-order valence-corrected chi connectivity index (χ1v) is 10.5. The normalized spacial score (nSPS) is 13.8. The minimum atomic E-state index is -3.89. The van der Waals surface area contributed by atoms with Gasteiger partial charge >= 0.3 is 0 Å². The zero-order valence-corrected chi connectivity index (χ0v) is 16.9. The molecule has 0 amide bonds. The van der Waals surface area contributed by atoms with Gasteiger partial charge in [0.05, 0.1) is 30.6 Å². The predicted molar refractivity (Wildman–Crippen MR) is 104 cm³/mol. The van der Waals surface area contributed by atoms with Gasteiger partial charge in [-0.25, -0.2) is 8.42 Å². The van der Waals surface area contributed by atoms with Gasteiger partial charge in [0, 0.05) is 17.6 Å². The molecule has 1 aliphatic heterocycles. The van der Waals surface area contributed by atoms with Crippen LogP contribution >= 0.6 is 39.1 Å². The molecule has 0 fully saturated rings. The first-order chi connectivity index (χ1) is 12.4. The highest BCUT2D eigenvalue weighted by Gasteiger charge is 2.23. The number of hydrogen-bond donors (Lipinski definition) is 2. The molecule has 6 nitrogen and oxygen atoms in total. The minimum absolute atomic E-state index is 0.0365. The molecule has 136 valence electrons. The fraction of sp³-hybridized carbons (Fsp3) is 0.125. The fourth-order valence-electron chi connectivity index (χ4n) is 2.70. The first-order valence-electron chi connectivity index (χ1n) is 7.44. The molecule has 0 saturated carbocycles. The van der Waals surface area contributed by atoms with Crippen molar-refractivity contribution in [3.63, 3.8) is 0 Å². The maximum absolute atomic E-state index is 12.9. The Morgan fingerprint density at radius 1 is 1.12 bits per heavy atom. The lowest BCUT2D eigenvalue weighted by molar-refractivity contribution is 0.170. The Hall–Kier alpha value is -1.61. The monoisotopic (exact) mass is 476 g/mol. The van der Waals surface area contributed by atoms with Gasteiger partial charge in [-0.05, 0) is 34.1 Å². The van der Waals surface area contributed by atoms with Crippen molar-refractivity contribution in [1.29, 1.82) is 0 Å². The zero-order chi connectivity index (χ0) is 18.5. The van der Waals surface area contributed by atoms with Gasteiger partial charge < -0.3 is 14.5 Å². The van der Waals surface area contributed by atoms with Gasteiger partial charge in [-0.2, -0.15) is 0 Å². The molecule has 0 radical (unpaired) electrons. The van der Waals surface area contributed by atoms with Gasteiger partial charge in [-0.15, -0.1) is 0 Å². The van der Waals surface area contributed by atoms with Crippen LogP contribution in [0.1, 0.15) is 0 Å². The summed E-state index contributed by atoms with van der Waals surface area (Å²) >= 11 is 15.6. The molecule has 1 aromatic heterocycles. The molecule has 0 bridgehead atoms. The first kappa shape index (κ1) is 17.8. The van der Waals surface area contributed by atoms with Crippen LogP contribution in [-0.2, 0) is 10.0 Å². The highest BCUT2D eigenvalue weighted by Crippen LogP contribution is 2.40. The van der Waals surface area contributed by atoms with E-state index in [1.165, 1.54) is 12.1 Å². The van der Waals surface area contributed by atoms with Crippen molar-refractivity contribution in [3.8, 4) is 11.5 Å². The smallest absolute Gasteiger partial charge is 0.262 e. The standard InChI is InChI=1S/C16H11BrCl2N2O4S/c17-9-5-8(6-13-16(9)25-4-3-24-13)26(22,23)21-12-2-1-10(18)14-11(19)7-20-15(12)14/h1-2,5-7,20-21H,3-4H2. The van der Waals surface area contributed by atoms with Crippen LogP contribution in [0, 0.1) is 0 Å². The number of sulfonamides is 1. The van der Waals surface area contributed by atoms with E-state index in [2.05, 4.69) is 25.6 Å². The number of fused-ring (bicyclic) bond motifs is 2. The number of aromatic amines is 1. The second-order valence-electron chi connectivity index (χ2n) is 5.52. The second kappa shape index (κ2) is 6.53. The summed E-state index contributed by atoms with van der Waals surface area (Å²) in [6, 6.07) is 6.05. The van der Waals surface area contributed by atoms with Crippen LogP contribution in [0.5, 0.6) is 11.5 Å². The average molecular weight is 478 g/mol. The van der Waals surface area contributed by atoms with Crippen LogP contribution in [0.15, 0.2) is 39.8 Å². The molecule has 0 aliphatic carbocycles. The van der Waals surface area contributed by atoms with Crippen molar-refractivity contribution >= 4 is 65.7 Å². The Kier molecular flexibility index (Phi) is 4.46. The molecule has 0 unspecified atom stereocenters. The highest BCUT2D eigenvalue weighted by atomic mass is 79.9. The number of halogens is 3. The molecule has 0 saturated heterocycles. The molecule has 0 spiro atoms. The topological polar surface area (TPSA) is 80.4 Å². The lowest BCUT2D eigenvalue weighted by atomic mass is 10.2.